The van der Waals surface area contributed by atoms with Gasteiger partial charge in [0, 0.05) is 6.92 Å². The largest absolute Gasteiger partial charge is 0.497 e. The van der Waals surface area contributed by atoms with Gasteiger partial charge in [0.05, 0.1) is 7.11 Å². The molecular formula is C17H18O3. The van der Waals surface area contributed by atoms with Gasteiger partial charge in [0.2, 0.25) is 0 Å². The number of carbonyl (C=O) groups excluding carboxylic acids is 1. The quantitative estimate of drug-likeness (QED) is 0.792. The Bertz CT molecular complexity index is 644. The molecule has 0 aliphatic heterocycles. The summed E-state index contributed by atoms with van der Waals surface area (Å²) in [7, 11) is 1.66. The second-order valence-electron chi connectivity index (χ2n) is 4.65. The fourth-order valence-electron chi connectivity index (χ4n) is 2.02. The van der Waals surface area contributed by atoms with Gasteiger partial charge >= 0.3 is 5.97 Å². The van der Waals surface area contributed by atoms with E-state index < -0.39 is 0 Å². The summed E-state index contributed by atoms with van der Waals surface area (Å²) >= 11 is 0. The SMILES string of the molecule is COc1ccc2cc(C=CC(C)OC(C)=O)ccc2c1. The van der Waals surface area contributed by atoms with E-state index in [-0.39, 0.29) is 12.1 Å². The lowest BCUT2D eigenvalue weighted by molar-refractivity contribution is -0.143. The molecule has 0 saturated heterocycles. The summed E-state index contributed by atoms with van der Waals surface area (Å²) in [5, 5.41) is 2.28. The number of benzene rings is 2. The molecule has 3 heteroatoms. The Morgan fingerprint density at radius 2 is 1.85 bits per heavy atom. The second-order valence-corrected chi connectivity index (χ2v) is 4.65. The van der Waals surface area contributed by atoms with Crippen LogP contribution in [0.3, 0.4) is 0 Å². The zero-order valence-electron chi connectivity index (χ0n) is 11.9. The first-order valence-electron chi connectivity index (χ1n) is 6.52. The highest BCUT2D eigenvalue weighted by Gasteiger charge is 2.01. The van der Waals surface area contributed by atoms with Crippen LogP contribution in [0.4, 0.5) is 0 Å². The molecule has 1 atom stereocenters. The second kappa shape index (κ2) is 6.24. The molecule has 20 heavy (non-hydrogen) atoms. The number of esters is 1. The predicted octanol–water partition coefficient (Wildman–Crippen LogP) is 3.81. The third kappa shape index (κ3) is 3.60. The minimum Gasteiger partial charge on any atom is -0.497 e. The molecule has 0 aliphatic rings. The fraction of sp³-hybridized carbons (Fsp3) is 0.235. The number of methoxy groups -OCH3 is 1. The molecule has 2 rings (SSSR count). The van der Waals surface area contributed by atoms with Crippen molar-refractivity contribution in [1.82, 2.24) is 0 Å². The molecule has 0 fully saturated rings. The number of rotatable bonds is 4. The fourth-order valence-corrected chi connectivity index (χ4v) is 2.02. The molecule has 104 valence electrons. The first-order chi connectivity index (χ1) is 9.58. The van der Waals surface area contributed by atoms with Crippen LogP contribution in [0.1, 0.15) is 19.4 Å². The minimum atomic E-state index is -0.271. The van der Waals surface area contributed by atoms with Crippen molar-refractivity contribution in [2.75, 3.05) is 7.11 Å². The van der Waals surface area contributed by atoms with Crippen LogP contribution in [0, 0.1) is 0 Å². The van der Waals surface area contributed by atoms with Crippen molar-refractivity contribution in [2.24, 2.45) is 0 Å². The van der Waals surface area contributed by atoms with Crippen molar-refractivity contribution in [1.29, 1.82) is 0 Å². The normalized spacial score (nSPS) is 12.6. The lowest BCUT2D eigenvalue weighted by Crippen LogP contribution is -2.08. The van der Waals surface area contributed by atoms with Gasteiger partial charge in [-0.05, 0) is 47.5 Å². The molecule has 0 saturated carbocycles. The maximum absolute atomic E-state index is 10.8. The van der Waals surface area contributed by atoms with Gasteiger partial charge in [0.25, 0.3) is 0 Å². The maximum atomic E-state index is 10.8. The molecule has 1 unspecified atom stereocenters. The van der Waals surface area contributed by atoms with E-state index in [0.717, 1.165) is 22.1 Å². The van der Waals surface area contributed by atoms with Gasteiger partial charge in [-0.15, -0.1) is 0 Å². The van der Waals surface area contributed by atoms with Gasteiger partial charge in [0.15, 0.2) is 0 Å². The molecular weight excluding hydrogens is 252 g/mol. The summed E-state index contributed by atoms with van der Waals surface area (Å²) in [4.78, 5) is 10.8. The zero-order chi connectivity index (χ0) is 14.5. The first-order valence-corrected chi connectivity index (χ1v) is 6.52. The number of ether oxygens (including phenoxy) is 2. The summed E-state index contributed by atoms with van der Waals surface area (Å²) in [6.45, 7) is 3.25. The van der Waals surface area contributed by atoms with E-state index in [0.29, 0.717) is 0 Å². The van der Waals surface area contributed by atoms with Crippen LogP contribution < -0.4 is 4.74 Å². The number of fused-ring (bicyclic) bond motifs is 1. The Kier molecular flexibility index (Phi) is 4.41. The van der Waals surface area contributed by atoms with Gasteiger partial charge in [0.1, 0.15) is 11.9 Å². The van der Waals surface area contributed by atoms with Gasteiger partial charge in [-0.25, -0.2) is 0 Å². The van der Waals surface area contributed by atoms with E-state index in [4.69, 9.17) is 9.47 Å². The highest BCUT2D eigenvalue weighted by Crippen LogP contribution is 2.22. The highest BCUT2D eigenvalue weighted by atomic mass is 16.5. The summed E-state index contributed by atoms with van der Waals surface area (Å²) in [5.74, 6) is 0.581. The smallest absolute Gasteiger partial charge is 0.303 e. The third-order valence-corrected chi connectivity index (χ3v) is 2.98. The molecule has 2 aromatic carbocycles. The Morgan fingerprint density at radius 3 is 2.55 bits per heavy atom. The summed E-state index contributed by atoms with van der Waals surface area (Å²) in [5.41, 5.74) is 1.07. The molecule has 0 amide bonds. The van der Waals surface area contributed by atoms with Crippen molar-refractivity contribution in [2.45, 2.75) is 20.0 Å². The Morgan fingerprint density at radius 1 is 1.15 bits per heavy atom. The molecule has 2 aromatic rings. The Balaban J connectivity index is 2.19. The van der Waals surface area contributed by atoms with Crippen LogP contribution in [-0.4, -0.2) is 19.2 Å². The van der Waals surface area contributed by atoms with E-state index in [9.17, 15) is 4.79 Å². The minimum absolute atomic E-state index is 0.223. The van der Waals surface area contributed by atoms with Crippen molar-refractivity contribution < 1.29 is 14.3 Å². The van der Waals surface area contributed by atoms with Gasteiger partial charge in [-0.3, -0.25) is 4.79 Å². The number of carbonyl (C=O) groups is 1. The van der Waals surface area contributed by atoms with E-state index in [1.54, 1.807) is 7.11 Å². The topological polar surface area (TPSA) is 35.5 Å². The average Bonchev–Trinajstić information content (AvgIpc) is 2.43. The van der Waals surface area contributed by atoms with Crippen LogP contribution in [0.15, 0.2) is 42.5 Å². The molecule has 0 aliphatic carbocycles. The van der Waals surface area contributed by atoms with E-state index in [1.165, 1.54) is 6.92 Å². The van der Waals surface area contributed by atoms with Crippen molar-refractivity contribution in [3.8, 4) is 5.75 Å². The van der Waals surface area contributed by atoms with Crippen molar-refractivity contribution >= 4 is 22.8 Å². The standard InChI is InChI=1S/C17H18O3/c1-12(20-13(2)18)4-5-14-6-7-16-11-17(19-3)9-8-15(16)10-14/h4-12H,1-3H3. The van der Waals surface area contributed by atoms with Crippen molar-refractivity contribution in [3.05, 3.63) is 48.0 Å². The Hall–Kier alpha value is -2.29. The average molecular weight is 270 g/mol. The zero-order valence-corrected chi connectivity index (χ0v) is 11.9. The van der Waals surface area contributed by atoms with Crippen LogP contribution >= 0.6 is 0 Å². The molecule has 0 heterocycles. The van der Waals surface area contributed by atoms with E-state index in [2.05, 4.69) is 6.07 Å². The van der Waals surface area contributed by atoms with Gasteiger partial charge < -0.3 is 9.47 Å². The number of hydrogen-bond donors (Lipinski definition) is 0. The van der Waals surface area contributed by atoms with Crippen LogP contribution in [-0.2, 0) is 9.53 Å². The monoisotopic (exact) mass is 270 g/mol. The molecule has 0 spiro atoms. The van der Waals surface area contributed by atoms with Gasteiger partial charge in [-0.1, -0.05) is 24.3 Å². The van der Waals surface area contributed by atoms with E-state index >= 15 is 0 Å². The summed E-state index contributed by atoms with van der Waals surface area (Å²) in [6, 6.07) is 12.1. The number of hydrogen-bond acceptors (Lipinski definition) is 3. The highest BCUT2D eigenvalue weighted by molar-refractivity contribution is 5.86. The lowest BCUT2D eigenvalue weighted by atomic mass is 10.1. The van der Waals surface area contributed by atoms with Crippen LogP contribution in [0.25, 0.3) is 16.8 Å². The van der Waals surface area contributed by atoms with Crippen LogP contribution in [0.5, 0.6) is 5.75 Å². The van der Waals surface area contributed by atoms with Crippen molar-refractivity contribution in [3.63, 3.8) is 0 Å². The van der Waals surface area contributed by atoms with E-state index in [1.807, 2.05) is 49.4 Å². The molecule has 3 nitrogen and oxygen atoms in total. The molecule has 0 bridgehead atoms. The third-order valence-electron chi connectivity index (χ3n) is 2.98. The predicted molar refractivity (Wildman–Crippen MR) is 80.8 cm³/mol. The van der Waals surface area contributed by atoms with Crippen LogP contribution in [0.2, 0.25) is 0 Å². The Labute approximate surface area is 118 Å². The first kappa shape index (κ1) is 14.1. The molecule has 0 radical (unpaired) electrons. The molecule has 0 aromatic heterocycles. The summed E-state index contributed by atoms with van der Waals surface area (Å²) in [6.07, 6.45) is 3.60. The summed E-state index contributed by atoms with van der Waals surface area (Å²) < 4.78 is 10.3. The lowest BCUT2D eigenvalue weighted by Gasteiger charge is -2.06. The van der Waals surface area contributed by atoms with Gasteiger partial charge in [-0.2, -0.15) is 0 Å². The maximum Gasteiger partial charge on any atom is 0.303 e. The molecule has 0 N–H and O–H groups in total.